The van der Waals surface area contributed by atoms with E-state index in [4.69, 9.17) is 9.41 Å². The van der Waals surface area contributed by atoms with Crippen LogP contribution in [-0.4, -0.2) is 36.5 Å². The highest BCUT2D eigenvalue weighted by molar-refractivity contribution is 5.80. The Morgan fingerprint density at radius 2 is 1.75 bits per heavy atom. The Labute approximate surface area is 189 Å². The highest BCUT2D eigenvalue weighted by Crippen LogP contribution is 2.14. The van der Waals surface area contributed by atoms with Crippen molar-refractivity contribution in [1.29, 1.82) is 0 Å². The van der Waals surface area contributed by atoms with Crippen LogP contribution >= 0.6 is 0 Å². The topological polar surface area (TPSA) is 52.8 Å². The van der Waals surface area contributed by atoms with Gasteiger partial charge in [-0.15, -0.1) is 0 Å². The van der Waals surface area contributed by atoms with Crippen molar-refractivity contribution in [3.05, 3.63) is 95.7 Å². The Balaban J connectivity index is 1.29. The molecule has 2 aromatic carbocycles. The maximum atomic E-state index is 13.1. The minimum atomic E-state index is -0.182. The molecule has 1 aliphatic rings. The molecule has 1 saturated heterocycles. The zero-order valence-corrected chi connectivity index (χ0v) is 18.3. The van der Waals surface area contributed by atoms with Gasteiger partial charge in [-0.1, -0.05) is 42.5 Å². The normalized spacial score (nSPS) is 15.6. The molecule has 1 aromatic heterocycles. The lowest BCUT2D eigenvalue weighted by molar-refractivity contribution is 0.198. The number of benzene rings is 2. The van der Waals surface area contributed by atoms with Crippen molar-refractivity contribution in [2.75, 3.05) is 19.6 Å². The van der Waals surface area contributed by atoms with Crippen LogP contribution in [0.4, 0.5) is 4.39 Å². The van der Waals surface area contributed by atoms with Crippen LogP contribution in [0.25, 0.3) is 0 Å². The third kappa shape index (κ3) is 6.95. The summed E-state index contributed by atoms with van der Waals surface area (Å²) in [6.45, 7) is 4.28. The Kier molecular flexibility index (Phi) is 7.93. The molecule has 0 aliphatic carbocycles. The predicted octanol–water partition coefficient (Wildman–Crippen LogP) is 4.36. The molecule has 32 heavy (non-hydrogen) atoms. The number of piperidine rings is 1. The van der Waals surface area contributed by atoms with Gasteiger partial charge in [0.15, 0.2) is 5.96 Å². The quantitative estimate of drug-likeness (QED) is 0.409. The second-order valence-electron chi connectivity index (χ2n) is 8.23. The van der Waals surface area contributed by atoms with E-state index in [1.54, 1.807) is 6.26 Å². The molecule has 4 rings (SSSR count). The zero-order chi connectivity index (χ0) is 22.0. The monoisotopic (exact) mass is 434 g/mol. The van der Waals surface area contributed by atoms with Crippen LogP contribution in [0, 0.1) is 5.82 Å². The molecule has 0 saturated carbocycles. The molecule has 3 aromatic rings. The van der Waals surface area contributed by atoms with Crippen LogP contribution in [0.15, 0.2) is 82.4 Å². The van der Waals surface area contributed by atoms with E-state index in [2.05, 4.69) is 27.7 Å². The SMILES string of the molecule is Fc1ccc(CN2CCC(NC(=NCc3ccccc3)NCCc3ccco3)CC2)cc1. The second kappa shape index (κ2) is 11.5. The number of furan rings is 1. The van der Waals surface area contributed by atoms with E-state index in [-0.39, 0.29) is 5.82 Å². The lowest BCUT2D eigenvalue weighted by Gasteiger charge is -2.33. The summed E-state index contributed by atoms with van der Waals surface area (Å²) >= 11 is 0. The Hall–Kier alpha value is -3.12. The molecular weight excluding hydrogens is 403 g/mol. The number of nitrogens with zero attached hydrogens (tertiary/aromatic N) is 2. The third-order valence-corrected chi connectivity index (χ3v) is 5.75. The van der Waals surface area contributed by atoms with Gasteiger partial charge in [0.2, 0.25) is 0 Å². The summed E-state index contributed by atoms with van der Waals surface area (Å²) in [5.41, 5.74) is 2.34. The summed E-state index contributed by atoms with van der Waals surface area (Å²) < 4.78 is 18.6. The van der Waals surface area contributed by atoms with Gasteiger partial charge in [0.1, 0.15) is 11.6 Å². The lowest BCUT2D eigenvalue weighted by Crippen LogP contribution is -2.48. The lowest BCUT2D eigenvalue weighted by atomic mass is 10.0. The highest BCUT2D eigenvalue weighted by Gasteiger charge is 2.20. The fourth-order valence-electron chi connectivity index (χ4n) is 3.94. The molecule has 0 unspecified atom stereocenters. The molecule has 0 bridgehead atoms. The summed E-state index contributed by atoms with van der Waals surface area (Å²) in [4.78, 5) is 7.24. The minimum Gasteiger partial charge on any atom is -0.469 e. The van der Waals surface area contributed by atoms with Crippen LogP contribution in [0.2, 0.25) is 0 Å². The molecule has 0 amide bonds. The largest absolute Gasteiger partial charge is 0.469 e. The molecule has 1 fully saturated rings. The third-order valence-electron chi connectivity index (χ3n) is 5.75. The number of nitrogens with one attached hydrogen (secondary N) is 2. The van der Waals surface area contributed by atoms with Crippen LogP contribution in [0.5, 0.6) is 0 Å². The van der Waals surface area contributed by atoms with Crippen molar-refractivity contribution in [3.63, 3.8) is 0 Å². The molecule has 2 N–H and O–H groups in total. The Morgan fingerprint density at radius 3 is 2.47 bits per heavy atom. The second-order valence-corrected chi connectivity index (χ2v) is 8.23. The van der Waals surface area contributed by atoms with Gasteiger partial charge >= 0.3 is 0 Å². The van der Waals surface area contributed by atoms with Gasteiger partial charge in [-0.3, -0.25) is 4.90 Å². The minimum absolute atomic E-state index is 0.182. The molecular formula is C26H31FN4O. The van der Waals surface area contributed by atoms with Crippen molar-refractivity contribution in [1.82, 2.24) is 15.5 Å². The average Bonchev–Trinajstić information content (AvgIpc) is 3.34. The van der Waals surface area contributed by atoms with Gasteiger partial charge in [0.25, 0.3) is 0 Å². The van der Waals surface area contributed by atoms with Crippen molar-refractivity contribution in [2.45, 2.75) is 38.4 Å². The van der Waals surface area contributed by atoms with Crippen LogP contribution in [0.1, 0.15) is 29.7 Å². The fraction of sp³-hybridized carbons (Fsp3) is 0.346. The maximum absolute atomic E-state index is 13.1. The maximum Gasteiger partial charge on any atom is 0.191 e. The van der Waals surface area contributed by atoms with E-state index in [9.17, 15) is 4.39 Å². The molecule has 2 heterocycles. The van der Waals surface area contributed by atoms with Gasteiger partial charge in [-0.25, -0.2) is 9.38 Å². The number of rotatable bonds is 8. The van der Waals surface area contributed by atoms with E-state index in [0.717, 1.165) is 62.7 Å². The summed E-state index contributed by atoms with van der Waals surface area (Å²) in [5, 5.41) is 7.09. The van der Waals surface area contributed by atoms with Crippen LogP contribution < -0.4 is 10.6 Å². The van der Waals surface area contributed by atoms with Crippen LogP contribution in [-0.2, 0) is 19.5 Å². The molecule has 168 valence electrons. The number of hydrogen-bond acceptors (Lipinski definition) is 3. The standard InChI is InChI=1S/C26H31FN4O/c27-23-10-8-22(9-11-23)20-31-16-13-24(14-17-31)30-26(28-15-12-25-7-4-18-32-25)29-19-21-5-2-1-3-6-21/h1-11,18,24H,12-17,19-20H2,(H2,28,29,30). The molecule has 5 nitrogen and oxygen atoms in total. The number of guanidine groups is 1. The highest BCUT2D eigenvalue weighted by atomic mass is 19.1. The Bertz CT molecular complexity index is 949. The van der Waals surface area contributed by atoms with Crippen LogP contribution in [0.3, 0.4) is 0 Å². The summed E-state index contributed by atoms with van der Waals surface area (Å²) in [6, 6.07) is 21.4. The van der Waals surface area contributed by atoms with Crippen molar-refractivity contribution >= 4 is 5.96 Å². The summed E-state index contributed by atoms with van der Waals surface area (Å²) in [7, 11) is 0. The van der Waals surface area contributed by atoms with E-state index in [1.807, 2.05) is 42.5 Å². The molecule has 0 atom stereocenters. The fourth-order valence-corrected chi connectivity index (χ4v) is 3.94. The molecule has 1 aliphatic heterocycles. The van der Waals surface area contributed by atoms with Gasteiger partial charge in [-0.2, -0.15) is 0 Å². The van der Waals surface area contributed by atoms with E-state index in [0.29, 0.717) is 12.6 Å². The van der Waals surface area contributed by atoms with Gasteiger partial charge < -0.3 is 15.1 Å². The molecule has 0 spiro atoms. The Morgan fingerprint density at radius 1 is 0.969 bits per heavy atom. The van der Waals surface area contributed by atoms with E-state index >= 15 is 0 Å². The number of likely N-dealkylation sites (tertiary alicyclic amines) is 1. The van der Waals surface area contributed by atoms with E-state index in [1.165, 1.54) is 17.7 Å². The number of hydrogen-bond donors (Lipinski definition) is 2. The zero-order valence-electron chi connectivity index (χ0n) is 18.3. The number of aliphatic imine (C=N–C) groups is 1. The summed E-state index contributed by atoms with van der Waals surface area (Å²) in [5.74, 6) is 1.63. The van der Waals surface area contributed by atoms with Gasteiger partial charge in [0, 0.05) is 38.6 Å². The van der Waals surface area contributed by atoms with E-state index < -0.39 is 0 Å². The van der Waals surface area contributed by atoms with Crippen molar-refractivity contribution in [3.8, 4) is 0 Å². The number of halogens is 1. The first-order valence-corrected chi connectivity index (χ1v) is 11.3. The predicted molar refractivity (Wildman–Crippen MR) is 126 cm³/mol. The smallest absolute Gasteiger partial charge is 0.191 e. The first kappa shape index (κ1) is 22.1. The van der Waals surface area contributed by atoms with Crippen molar-refractivity contribution < 1.29 is 8.81 Å². The van der Waals surface area contributed by atoms with Gasteiger partial charge in [0.05, 0.1) is 12.8 Å². The van der Waals surface area contributed by atoms with Crippen molar-refractivity contribution in [2.24, 2.45) is 4.99 Å². The summed E-state index contributed by atoms with van der Waals surface area (Å²) in [6.07, 6.45) is 4.61. The molecule has 6 heteroatoms. The van der Waals surface area contributed by atoms with Gasteiger partial charge in [-0.05, 0) is 48.2 Å². The molecule has 0 radical (unpaired) electrons. The average molecular weight is 435 g/mol. The first-order chi connectivity index (χ1) is 15.7. The first-order valence-electron chi connectivity index (χ1n) is 11.3.